The highest BCUT2D eigenvalue weighted by Crippen LogP contribution is 2.16. The number of hydrogen-bond acceptors (Lipinski definition) is 5. The number of nitrogens with zero attached hydrogens (tertiary/aromatic N) is 3. The van der Waals surface area contributed by atoms with E-state index >= 15 is 0 Å². The number of aromatic amines is 1. The number of para-hydroxylation sites is 1. The minimum atomic E-state index is 0.000101. The van der Waals surface area contributed by atoms with Gasteiger partial charge in [-0.05, 0) is 30.7 Å². The first-order valence-electron chi connectivity index (χ1n) is 8.72. The van der Waals surface area contributed by atoms with E-state index in [0.717, 1.165) is 22.4 Å². The first kappa shape index (κ1) is 16.5. The molecule has 7 nitrogen and oxygen atoms in total. The Kier molecular flexibility index (Phi) is 4.53. The number of carbonyl (C=O) groups excluding carboxylic acids is 1. The molecule has 3 heterocycles. The Labute approximate surface area is 151 Å². The normalized spacial score (nSPS) is 14.6. The van der Waals surface area contributed by atoms with Gasteiger partial charge >= 0.3 is 0 Å². The van der Waals surface area contributed by atoms with Gasteiger partial charge in [-0.15, -0.1) is 0 Å². The molecular weight excluding hydrogens is 330 g/mol. The molecular formula is C19H21N5O2. The number of aryl methyl sites for hydroxylation is 1. The van der Waals surface area contributed by atoms with Crippen molar-refractivity contribution < 1.29 is 9.53 Å². The van der Waals surface area contributed by atoms with E-state index in [1.54, 1.807) is 17.2 Å². The molecule has 0 bridgehead atoms. The highest BCUT2D eigenvalue weighted by Gasteiger charge is 2.18. The van der Waals surface area contributed by atoms with Crippen LogP contribution in [0.3, 0.4) is 0 Å². The van der Waals surface area contributed by atoms with Gasteiger partial charge in [0, 0.05) is 19.3 Å². The van der Waals surface area contributed by atoms with Crippen LogP contribution in [-0.2, 0) is 11.3 Å². The number of hydrogen-bond donors (Lipinski definition) is 2. The van der Waals surface area contributed by atoms with Gasteiger partial charge in [-0.25, -0.2) is 9.97 Å². The monoisotopic (exact) mass is 351 g/mol. The van der Waals surface area contributed by atoms with Gasteiger partial charge in [-0.3, -0.25) is 4.79 Å². The van der Waals surface area contributed by atoms with E-state index < -0.39 is 0 Å². The average molecular weight is 351 g/mol. The lowest BCUT2D eigenvalue weighted by Crippen LogP contribution is -2.40. The summed E-state index contributed by atoms with van der Waals surface area (Å²) in [7, 11) is 0. The lowest BCUT2D eigenvalue weighted by molar-refractivity contribution is 0.0302. The zero-order valence-electron chi connectivity index (χ0n) is 14.7. The number of ether oxygens (including phenoxy) is 1. The molecule has 0 unspecified atom stereocenters. The first-order valence-corrected chi connectivity index (χ1v) is 8.72. The number of imidazole rings is 1. The van der Waals surface area contributed by atoms with Crippen molar-refractivity contribution in [1.82, 2.24) is 19.9 Å². The molecule has 4 rings (SSSR count). The van der Waals surface area contributed by atoms with Gasteiger partial charge in [0.1, 0.15) is 11.6 Å². The molecule has 0 spiro atoms. The average Bonchev–Trinajstić information content (AvgIpc) is 3.11. The topological polar surface area (TPSA) is 83.1 Å². The van der Waals surface area contributed by atoms with Crippen LogP contribution in [0.25, 0.3) is 11.0 Å². The number of amides is 1. The Morgan fingerprint density at radius 2 is 2.12 bits per heavy atom. The second kappa shape index (κ2) is 7.13. The summed E-state index contributed by atoms with van der Waals surface area (Å²) in [6, 6.07) is 9.70. The lowest BCUT2D eigenvalue weighted by Gasteiger charge is -2.26. The maximum atomic E-state index is 12.4. The Bertz CT molecular complexity index is 913. The number of nitrogens with one attached hydrogen (secondary N) is 2. The maximum Gasteiger partial charge on any atom is 0.255 e. The third kappa shape index (κ3) is 3.39. The molecule has 7 heteroatoms. The quantitative estimate of drug-likeness (QED) is 0.754. The van der Waals surface area contributed by atoms with Gasteiger partial charge in [-0.2, -0.15) is 0 Å². The van der Waals surface area contributed by atoms with Gasteiger partial charge in [0.2, 0.25) is 0 Å². The van der Waals surface area contributed by atoms with Crippen LogP contribution in [0.1, 0.15) is 21.7 Å². The molecule has 1 aliphatic rings. The molecule has 2 aromatic heterocycles. The summed E-state index contributed by atoms with van der Waals surface area (Å²) in [6.45, 7) is 5.03. The van der Waals surface area contributed by atoms with E-state index in [1.165, 1.54) is 0 Å². The molecule has 1 amide bonds. The molecule has 0 radical (unpaired) electrons. The van der Waals surface area contributed by atoms with Gasteiger partial charge in [0.05, 0.1) is 36.4 Å². The number of aromatic nitrogens is 3. The summed E-state index contributed by atoms with van der Waals surface area (Å²) >= 11 is 0. The number of benzene rings is 1. The fraction of sp³-hybridized carbons (Fsp3) is 0.316. The Morgan fingerprint density at radius 1 is 1.27 bits per heavy atom. The van der Waals surface area contributed by atoms with Crippen molar-refractivity contribution in [2.24, 2.45) is 0 Å². The van der Waals surface area contributed by atoms with E-state index in [2.05, 4.69) is 20.3 Å². The molecule has 1 aromatic carbocycles. The number of anilines is 1. The van der Waals surface area contributed by atoms with Crippen LogP contribution in [-0.4, -0.2) is 52.1 Å². The summed E-state index contributed by atoms with van der Waals surface area (Å²) < 4.78 is 5.28. The van der Waals surface area contributed by atoms with Gasteiger partial charge in [-0.1, -0.05) is 12.1 Å². The number of carbonyl (C=O) groups is 1. The minimum Gasteiger partial charge on any atom is -0.378 e. The molecule has 2 N–H and O–H groups in total. The van der Waals surface area contributed by atoms with Crippen molar-refractivity contribution in [3.63, 3.8) is 0 Å². The molecule has 134 valence electrons. The van der Waals surface area contributed by atoms with E-state index in [-0.39, 0.29) is 5.91 Å². The Balaban J connectivity index is 1.40. The SMILES string of the molecule is Cc1cccc2[nH]c(CNc3ccc(C(=O)N4CCOCC4)cn3)nc12. The highest BCUT2D eigenvalue weighted by molar-refractivity contribution is 5.94. The number of fused-ring (bicyclic) bond motifs is 1. The predicted molar refractivity (Wildman–Crippen MR) is 99.1 cm³/mol. The minimum absolute atomic E-state index is 0.000101. The molecule has 0 atom stereocenters. The smallest absolute Gasteiger partial charge is 0.255 e. The van der Waals surface area contributed by atoms with E-state index in [1.807, 2.05) is 31.2 Å². The second-order valence-corrected chi connectivity index (χ2v) is 6.34. The summed E-state index contributed by atoms with van der Waals surface area (Å²) in [4.78, 5) is 26.5. The fourth-order valence-corrected chi connectivity index (χ4v) is 3.06. The number of pyridine rings is 1. The summed E-state index contributed by atoms with van der Waals surface area (Å²) in [5.74, 6) is 1.56. The number of rotatable bonds is 4. The standard InChI is InChI=1S/C19H21N5O2/c1-13-3-2-4-15-18(13)23-17(22-15)12-21-16-6-5-14(11-20-16)19(25)24-7-9-26-10-8-24/h2-6,11H,7-10,12H2,1H3,(H,20,21)(H,22,23). The van der Waals surface area contributed by atoms with Crippen molar-refractivity contribution in [2.75, 3.05) is 31.6 Å². The third-order valence-corrected chi connectivity index (χ3v) is 4.51. The molecule has 1 aliphatic heterocycles. The van der Waals surface area contributed by atoms with E-state index in [4.69, 9.17) is 4.74 Å². The Morgan fingerprint density at radius 3 is 2.85 bits per heavy atom. The number of morpholine rings is 1. The zero-order chi connectivity index (χ0) is 17.9. The van der Waals surface area contributed by atoms with Crippen LogP contribution in [0, 0.1) is 6.92 Å². The van der Waals surface area contributed by atoms with Crippen molar-refractivity contribution >= 4 is 22.8 Å². The number of H-pyrrole nitrogens is 1. The summed E-state index contributed by atoms with van der Waals surface area (Å²) in [5.41, 5.74) is 3.76. The third-order valence-electron chi connectivity index (χ3n) is 4.51. The van der Waals surface area contributed by atoms with Crippen molar-refractivity contribution in [3.05, 3.63) is 53.5 Å². The van der Waals surface area contributed by atoms with Crippen molar-refractivity contribution in [3.8, 4) is 0 Å². The highest BCUT2D eigenvalue weighted by atomic mass is 16.5. The largest absolute Gasteiger partial charge is 0.378 e. The predicted octanol–water partition coefficient (Wildman–Crippen LogP) is 2.35. The van der Waals surface area contributed by atoms with Gasteiger partial charge < -0.3 is 19.9 Å². The second-order valence-electron chi connectivity index (χ2n) is 6.34. The van der Waals surface area contributed by atoms with Crippen LogP contribution < -0.4 is 5.32 Å². The van der Waals surface area contributed by atoms with Gasteiger partial charge in [0.15, 0.2) is 0 Å². The summed E-state index contributed by atoms with van der Waals surface area (Å²) in [5, 5.41) is 3.24. The van der Waals surface area contributed by atoms with Crippen molar-refractivity contribution in [2.45, 2.75) is 13.5 Å². The first-order chi connectivity index (χ1) is 12.7. The van der Waals surface area contributed by atoms with Crippen LogP contribution in [0.4, 0.5) is 5.82 Å². The Hall–Kier alpha value is -2.93. The van der Waals surface area contributed by atoms with Crippen molar-refractivity contribution in [1.29, 1.82) is 0 Å². The van der Waals surface area contributed by atoms with Crippen LogP contribution in [0.15, 0.2) is 36.5 Å². The van der Waals surface area contributed by atoms with E-state index in [9.17, 15) is 4.79 Å². The molecule has 3 aromatic rings. The maximum absolute atomic E-state index is 12.4. The zero-order valence-corrected chi connectivity index (χ0v) is 14.7. The molecule has 0 saturated carbocycles. The lowest BCUT2D eigenvalue weighted by atomic mass is 10.2. The van der Waals surface area contributed by atoms with Crippen LogP contribution in [0.5, 0.6) is 0 Å². The molecule has 1 fully saturated rings. The molecule has 1 saturated heterocycles. The molecule has 26 heavy (non-hydrogen) atoms. The molecule has 0 aliphatic carbocycles. The fourth-order valence-electron chi connectivity index (χ4n) is 3.06. The summed E-state index contributed by atoms with van der Waals surface area (Å²) in [6.07, 6.45) is 1.61. The van der Waals surface area contributed by atoms with E-state index in [0.29, 0.717) is 44.2 Å². The van der Waals surface area contributed by atoms with Crippen LogP contribution >= 0.6 is 0 Å². The van der Waals surface area contributed by atoms with Gasteiger partial charge in [0.25, 0.3) is 5.91 Å². The van der Waals surface area contributed by atoms with Crippen LogP contribution in [0.2, 0.25) is 0 Å².